The Hall–Kier alpha value is 0.0569. The molecule has 2 aliphatic heterocycles. The van der Waals surface area contributed by atoms with Gasteiger partial charge < -0.3 is 18.5 Å². The lowest BCUT2D eigenvalue weighted by atomic mass is 10.3. The molecular formula is C11H23NO3Si. The third kappa shape index (κ3) is 3.27. The number of rotatable bonds is 0. The van der Waals surface area contributed by atoms with Crippen molar-refractivity contribution in [2.75, 3.05) is 33.4 Å². The Labute approximate surface area is 99.1 Å². The third-order valence-corrected chi connectivity index (χ3v) is 6.17. The molecule has 16 heavy (non-hydrogen) atoms. The van der Waals surface area contributed by atoms with E-state index in [0.29, 0.717) is 6.61 Å². The van der Waals surface area contributed by atoms with Crippen molar-refractivity contribution >= 4 is 8.56 Å². The van der Waals surface area contributed by atoms with E-state index in [9.17, 15) is 0 Å². The summed E-state index contributed by atoms with van der Waals surface area (Å²) in [6.45, 7) is 7.86. The summed E-state index contributed by atoms with van der Waals surface area (Å²) in [5, 5.41) is 0. The first-order valence-corrected chi connectivity index (χ1v) is 8.72. The van der Waals surface area contributed by atoms with Crippen molar-refractivity contribution in [3.8, 4) is 0 Å². The fraction of sp³-hybridized carbons (Fsp3) is 1.00. The van der Waals surface area contributed by atoms with Crippen LogP contribution >= 0.6 is 0 Å². The second-order valence-corrected chi connectivity index (χ2v) is 8.44. The first kappa shape index (κ1) is 12.5. The van der Waals surface area contributed by atoms with Gasteiger partial charge in [-0.15, -0.1) is 0 Å². The Morgan fingerprint density at radius 3 is 2.88 bits per heavy atom. The normalized spacial score (nSPS) is 42.9. The minimum Gasteiger partial charge on any atom is -0.390 e. The molecule has 0 aliphatic carbocycles. The molecule has 0 amide bonds. The second kappa shape index (κ2) is 5.14. The molecule has 94 valence electrons. The molecule has 0 aromatic rings. The molecule has 2 aliphatic rings. The van der Waals surface area contributed by atoms with Crippen LogP contribution in [0, 0.1) is 0 Å². The van der Waals surface area contributed by atoms with Crippen molar-refractivity contribution in [2.24, 2.45) is 0 Å². The summed E-state index contributed by atoms with van der Waals surface area (Å²) in [6.07, 6.45) is 1.54. The monoisotopic (exact) mass is 245 g/mol. The molecule has 3 unspecified atom stereocenters. The van der Waals surface area contributed by atoms with Crippen LogP contribution in [0.2, 0.25) is 12.6 Å². The van der Waals surface area contributed by atoms with Gasteiger partial charge in [0.2, 0.25) is 0 Å². The van der Waals surface area contributed by atoms with Gasteiger partial charge in [0.1, 0.15) is 0 Å². The van der Waals surface area contributed by atoms with Gasteiger partial charge in [-0.25, -0.2) is 0 Å². The Morgan fingerprint density at radius 2 is 2.06 bits per heavy atom. The highest BCUT2D eigenvalue weighted by atomic mass is 28.4. The van der Waals surface area contributed by atoms with Crippen LogP contribution in [0.15, 0.2) is 0 Å². The van der Waals surface area contributed by atoms with E-state index in [1.165, 1.54) is 0 Å². The zero-order chi connectivity index (χ0) is 11.6. The van der Waals surface area contributed by atoms with Crippen molar-refractivity contribution in [1.29, 1.82) is 0 Å². The molecule has 0 spiro atoms. The topological polar surface area (TPSA) is 30.9 Å². The highest BCUT2D eigenvalue weighted by Gasteiger charge is 2.39. The fourth-order valence-electron chi connectivity index (χ4n) is 2.66. The average molecular weight is 245 g/mol. The average Bonchev–Trinajstić information content (AvgIpc) is 2.10. The molecular weight excluding hydrogens is 222 g/mol. The maximum absolute atomic E-state index is 6.21. The lowest BCUT2D eigenvalue weighted by Gasteiger charge is -2.40. The molecule has 0 radical (unpaired) electrons. The van der Waals surface area contributed by atoms with Gasteiger partial charge in [0, 0.05) is 19.7 Å². The number of ether oxygens (including phenoxy) is 1. The minimum absolute atomic E-state index is 0.189. The molecule has 2 bridgehead atoms. The van der Waals surface area contributed by atoms with Gasteiger partial charge in [-0.05, 0) is 33.0 Å². The molecule has 5 heteroatoms. The summed E-state index contributed by atoms with van der Waals surface area (Å²) < 4.78 is 18.0. The number of nitrogens with zero attached hydrogens (tertiary/aromatic N) is 1. The Morgan fingerprint density at radius 1 is 1.25 bits per heavy atom. The molecule has 4 nitrogen and oxygen atoms in total. The van der Waals surface area contributed by atoms with Gasteiger partial charge in [-0.1, -0.05) is 0 Å². The largest absolute Gasteiger partial charge is 0.390 e. The van der Waals surface area contributed by atoms with E-state index in [1.54, 1.807) is 0 Å². The first-order chi connectivity index (χ1) is 7.57. The quantitative estimate of drug-likeness (QED) is 0.600. The van der Waals surface area contributed by atoms with E-state index in [-0.39, 0.29) is 12.2 Å². The molecule has 0 aromatic heterocycles. The van der Waals surface area contributed by atoms with Crippen molar-refractivity contribution in [3.05, 3.63) is 0 Å². The highest BCUT2D eigenvalue weighted by Crippen LogP contribution is 2.24. The molecule has 3 atom stereocenters. The molecule has 2 rings (SSSR count). The maximum atomic E-state index is 6.21. The van der Waals surface area contributed by atoms with E-state index in [2.05, 4.69) is 25.4 Å². The van der Waals surface area contributed by atoms with Crippen LogP contribution in [0.4, 0.5) is 0 Å². The maximum Gasteiger partial charge on any atom is 0.335 e. The summed E-state index contributed by atoms with van der Waals surface area (Å²) in [5.41, 5.74) is 0. The van der Waals surface area contributed by atoms with Crippen LogP contribution in [0.1, 0.15) is 13.3 Å². The number of hydrogen-bond acceptors (Lipinski definition) is 4. The minimum atomic E-state index is -1.95. The zero-order valence-electron chi connectivity index (χ0n) is 10.6. The molecule has 2 heterocycles. The van der Waals surface area contributed by atoms with Gasteiger partial charge in [-0.2, -0.15) is 0 Å². The summed E-state index contributed by atoms with van der Waals surface area (Å²) in [6, 6.07) is 1.05. The Balaban J connectivity index is 2.09. The number of hydrogen-bond donors (Lipinski definition) is 0. The standard InChI is InChI=1S/C11H23NO3Si/c1-10-7-12(2)8-11-9-13-5-4-6-16(3,14-10)15-11/h10-11H,4-9H2,1-3H3. The fourth-order valence-corrected chi connectivity index (χ4v) is 5.51. The van der Waals surface area contributed by atoms with Gasteiger partial charge in [0.05, 0.1) is 18.8 Å². The molecule has 2 saturated heterocycles. The van der Waals surface area contributed by atoms with Gasteiger partial charge in [0.25, 0.3) is 0 Å². The summed E-state index contributed by atoms with van der Waals surface area (Å²) in [4.78, 5) is 2.27. The summed E-state index contributed by atoms with van der Waals surface area (Å²) >= 11 is 0. The molecule has 2 fully saturated rings. The number of likely N-dealkylation sites (N-methyl/N-ethyl adjacent to an activating group) is 1. The third-order valence-electron chi connectivity index (χ3n) is 3.17. The highest BCUT2D eigenvalue weighted by molar-refractivity contribution is 6.66. The van der Waals surface area contributed by atoms with Gasteiger partial charge >= 0.3 is 8.56 Å². The van der Waals surface area contributed by atoms with Crippen molar-refractivity contribution < 1.29 is 13.6 Å². The van der Waals surface area contributed by atoms with Crippen LogP contribution in [0.25, 0.3) is 0 Å². The van der Waals surface area contributed by atoms with E-state index in [0.717, 1.165) is 32.2 Å². The van der Waals surface area contributed by atoms with Crippen LogP contribution in [0.3, 0.4) is 0 Å². The van der Waals surface area contributed by atoms with Gasteiger partial charge in [0.15, 0.2) is 0 Å². The van der Waals surface area contributed by atoms with Crippen LogP contribution in [-0.4, -0.2) is 59.0 Å². The van der Waals surface area contributed by atoms with Gasteiger partial charge in [-0.3, -0.25) is 0 Å². The Bertz CT molecular complexity index is 241. The van der Waals surface area contributed by atoms with E-state index < -0.39 is 8.56 Å². The molecule has 0 N–H and O–H groups in total. The van der Waals surface area contributed by atoms with Crippen molar-refractivity contribution in [3.63, 3.8) is 0 Å². The molecule has 0 aromatic carbocycles. The SMILES string of the molecule is CC1CN(C)CC2COCCC[Si](C)(O1)O2. The van der Waals surface area contributed by atoms with E-state index in [1.807, 2.05) is 0 Å². The predicted molar refractivity (Wildman–Crippen MR) is 64.8 cm³/mol. The summed E-state index contributed by atoms with van der Waals surface area (Å²) in [5.74, 6) is 0. The second-order valence-electron chi connectivity index (χ2n) is 5.20. The lowest BCUT2D eigenvalue weighted by molar-refractivity contribution is -0.0285. The zero-order valence-corrected chi connectivity index (χ0v) is 11.6. The van der Waals surface area contributed by atoms with Crippen molar-refractivity contribution in [1.82, 2.24) is 4.90 Å². The first-order valence-electron chi connectivity index (χ1n) is 6.19. The van der Waals surface area contributed by atoms with Crippen LogP contribution < -0.4 is 0 Å². The summed E-state index contributed by atoms with van der Waals surface area (Å²) in [7, 11) is 0.166. The number of fused-ring (bicyclic) bond motifs is 2. The van der Waals surface area contributed by atoms with E-state index in [4.69, 9.17) is 13.6 Å². The van der Waals surface area contributed by atoms with Crippen LogP contribution in [-0.2, 0) is 13.6 Å². The lowest BCUT2D eigenvalue weighted by Crippen LogP contribution is -2.54. The van der Waals surface area contributed by atoms with E-state index >= 15 is 0 Å². The smallest absolute Gasteiger partial charge is 0.335 e. The van der Waals surface area contributed by atoms with Crippen LogP contribution in [0.5, 0.6) is 0 Å². The van der Waals surface area contributed by atoms with Crippen molar-refractivity contribution in [2.45, 2.75) is 38.1 Å². The predicted octanol–water partition coefficient (Wildman–Crippen LogP) is 1.21. The Kier molecular flexibility index (Phi) is 4.02. The molecule has 0 saturated carbocycles.